The van der Waals surface area contributed by atoms with Gasteiger partial charge in [0, 0.05) is 36.7 Å². The lowest BCUT2D eigenvalue weighted by Crippen LogP contribution is -2.52. The summed E-state index contributed by atoms with van der Waals surface area (Å²) in [4.78, 5) is 34.0. The molecule has 5 N–H and O–H groups in total. The quantitative estimate of drug-likeness (QED) is 0.483. The molecule has 2 atom stereocenters. The van der Waals surface area contributed by atoms with E-state index in [2.05, 4.69) is 25.9 Å². The summed E-state index contributed by atoms with van der Waals surface area (Å²) in [6.07, 6.45) is 3.15. The van der Waals surface area contributed by atoms with Crippen LogP contribution in [0.2, 0.25) is 0 Å². The number of anilines is 1. The molecule has 0 saturated carbocycles. The van der Waals surface area contributed by atoms with Gasteiger partial charge in [0.1, 0.15) is 5.82 Å². The van der Waals surface area contributed by atoms with Crippen LogP contribution in [0.25, 0.3) is 21.8 Å². The molecule has 2 unspecified atom stereocenters. The van der Waals surface area contributed by atoms with Gasteiger partial charge in [-0.25, -0.2) is 4.98 Å². The fraction of sp³-hybridized carbons (Fsp3) is 0.381. The molecule has 2 fully saturated rings. The number of aromatic amines is 1. The molecule has 5 rings (SSSR count). The van der Waals surface area contributed by atoms with Crippen molar-refractivity contribution in [3.63, 3.8) is 0 Å². The van der Waals surface area contributed by atoms with E-state index in [-0.39, 0.29) is 5.91 Å². The molecule has 1 spiro atoms. The zero-order valence-electron chi connectivity index (χ0n) is 16.3. The van der Waals surface area contributed by atoms with Crippen LogP contribution in [0.3, 0.4) is 0 Å². The predicted molar refractivity (Wildman–Crippen MR) is 112 cm³/mol. The molecule has 4 heterocycles. The molecule has 152 valence electrons. The zero-order chi connectivity index (χ0) is 20.6. The number of aliphatic hydroxyl groups excluding tert-OH is 1. The first-order valence-corrected chi connectivity index (χ1v) is 9.78. The molecule has 8 nitrogen and oxygen atoms in total. The Kier molecular flexibility index (Phi) is 4.97. The Hall–Kier alpha value is -2.97. The van der Waals surface area contributed by atoms with Crippen LogP contribution in [-0.2, 0) is 4.79 Å². The number of aromatic nitrogens is 2. The molecule has 0 radical (unpaired) electrons. The van der Waals surface area contributed by atoms with Crippen molar-refractivity contribution in [3.05, 3.63) is 36.0 Å². The van der Waals surface area contributed by atoms with Crippen LogP contribution in [0.5, 0.6) is 0 Å². The lowest BCUT2D eigenvalue weighted by molar-refractivity contribution is -0.131. The average Bonchev–Trinajstić information content (AvgIpc) is 3.28. The number of nitrogens with one attached hydrogen (secondary N) is 2. The summed E-state index contributed by atoms with van der Waals surface area (Å²) < 4.78 is 0. The average molecular weight is 395 g/mol. The van der Waals surface area contributed by atoms with Gasteiger partial charge in [-0.2, -0.15) is 0 Å². The molecule has 1 amide bonds. The molecule has 2 aliphatic rings. The lowest BCUT2D eigenvalue weighted by atomic mass is 9.76. The summed E-state index contributed by atoms with van der Waals surface area (Å²) in [6, 6.07) is 7.88. The van der Waals surface area contributed by atoms with E-state index >= 15 is 0 Å². The minimum Gasteiger partial charge on any atom is -0.390 e. The Morgan fingerprint density at radius 2 is 2.14 bits per heavy atom. The summed E-state index contributed by atoms with van der Waals surface area (Å²) in [5.41, 5.74) is 5.92. The molecule has 2 saturated heterocycles. The maximum Gasteiger partial charge on any atom is 0.230 e. The normalized spacial score (nSPS) is 23.9. The van der Waals surface area contributed by atoms with Gasteiger partial charge >= 0.3 is 0 Å². The highest BCUT2D eigenvalue weighted by atomic mass is 16.3. The third-order valence-electron chi connectivity index (χ3n) is 6.04. The zero-order valence-corrected chi connectivity index (χ0v) is 16.3. The third-order valence-corrected chi connectivity index (χ3v) is 6.04. The highest BCUT2D eigenvalue weighted by Gasteiger charge is 2.52. The van der Waals surface area contributed by atoms with Crippen molar-refractivity contribution in [1.82, 2.24) is 15.3 Å². The van der Waals surface area contributed by atoms with Crippen molar-refractivity contribution in [1.29, 1.82) is 0 Å². The number of nitrogens with zero attached hydrogens (tertiary/aromatic N) is 2. The summed E-state index contributed by atoms with van der Waals surface area (Å²) in [7, 11) is 1.50. The van der Waals surface area contributed by atoms with Gasteiger partial charge in [-0.05, 0) is 26.0 Å². The first kappa shape index (κ1) is 19.4. The molecule has 0 bridgehead atoms. The monoisotopic (exact) mass is 395 g/mol. The fourth-order valence-corrected chi connectivity index (χ4v) is 4.61. The van der Waals surface area contributed by atoms with Gasteiger partial charge in [0.2, 0.25) is 5.91 Å². The number of hydrogen-bond acceptors (Lipinski definition) is 6. The second-order valence-electron chi connectivity index (χ2n) is 7.48. The van der Waals surface area contributed by atoms with E-state index in [4.69, 9.17) is 0 Å². The van der Waals surface area contributed by atoms with E-state index in [1.54, 1.807) is 6.20 Å². The van der Waals surface area contributed by atoms with Crippen LogP contribution in [0.15, 0.2) is 30.5 Å². The number of carbonyl (C=O) groups is 2. The Balaban J connectivity index is 0.000000994. The van der Waals surface area contributed by atoms with Crippen LogP contribution in [0.4, 0.5) is 5.82 Å². The number of β-amino-alcohol motifs (C(OH)–C–C–N with tert-alkyl or cyclic N) is 1. The van der Waals surface area contributed by atoms with Crippen LogP contribution in [0.1, 0.15) is 23.2 Å². The van der Waals surface area contributed by atoms with Crippen molar-refractivity contribution in [3.8, 4) is 0 Å². The van der Waals surface area contributed by atoms with Crippen LogP contribution < -0.4 is 16.0 Å². The molecule has 29 heavy (non-hydrogen) atoms. The highest BCUT2D eigenvalue weighted by Crippen LogP contribution is 2.41. The number of H-pyrrole nitrogens is 1. The number of aldehydes is 1. The number of pyridine rings is 1. The van der Waals surface area contributed by atoms with Gasteiger partial charge < -0.3 is 26.0 Å². The molecular formula is C21H25N5O3. The highest BCUT2D eigenvalue weighted by molar-refractivity contribution is 6.16. The first-order valence-electron chi connectivity index (χ1n) is 9.78. The fourth-order valence-electron chi connectivity index (χ4n) is 4.61. The van der Waals surface area contributed by atoms with E-state index in [9.17, 15) is 14.7 Å². The van der Waals surface area contributed by atoms with Crippen LogP contribution >= 0.6 is 0 Å². The van der Waals surface area contributed by atoms with Crippen LogP contribution in [0, 0.1) is 5.41 Å². The Labute approximate surface area is 168 Å². The first-order chi connectivity index (χ1) is 14.1. The second kappa shape index (κ2) is 7.46. The number of nitrogens with two attached hydrogens (primary N) is 1. The summed E-state index contributed by atoms with van der Waals surface area (Å²) >= 11 is 0. The van der Waals surface area contributed by atoms with Gasteiger partial charge in [-0.3, -0.25) is 9.59 Å². The molecule has 0 aliphatic carbocycles. The van der Waals surface area contributed by atoms with Crippen molar-refractivity contribution in [2.24, 2.45) is 11.1 Å². The number of para-hydroxylation sites is 1. The van der Waals surface area contributed by atoms with Gasteiger partial charge in [0.05, 0.1) is 28.0 Å². The number of fused-ring (bicyclic) bond motifs is 3. The molecule has 3 aromatic rings. The van der Waals surface area contributed by atoms with E-state index in [0.29, 0.717) is 25.1 Å². The van der Waals surface area contributed by atoms with E-state index in [1.807, 2.05) is 24.3 Å². The standard InChI is InChI=1S/C20H20N4O3.CH5N/c25-10-12-8-21-18(16-13-4-1-2-5-14(13)23-17(12)16)24-7-3-6-20(11-24)15(26)9-22-19(20)27;1-2/h1-2,4-5,8,10,15,23,26H,3,6-7,9,11H2,(H,22,27);2H2,1H3. The van der Waals surface area contributed by atoms with Crippen LogP contribution in [-0.4, -0.2) is 60.1 Å². The summed E-state index contributed by atoms with van der Waals surface area (Å²) in [5.74, 6) is 0.665. The number of benzene rings is 1. The van der Waals surface area contributed by atoms with E-state index < -0.39 is 11.5 Å². The number of hydrogen-bond donors (Lipinski definition) is 4. The summed E-state index contributed by atoms with van der Waals surface area (Å²) in [6.45, 7) is 1.47. The smallest absolute Gasteiger partial charge is 0.230 e. The van der Waals surface area contributed by atoms with E-state index in [1.165, 1.54) is 7.05 Å². The number of carbonyl (C=O) groups excluding carboxylic acids is 2. The third kappa shape index (κ3) is 2.87. The van der Waals surface area contributed by atoms with Gasteiger partial charge in [-0.1, -0.05) is 18.2 Å². The lowest BCUT2D eigenvalue weighted by Gasteiger charge is -2.41. The number of rotatable bonds is 2. The Morgan fingerprint density at radius 1 is 1.34 bits per heavy atom. The van der Waals surface area contributed by atoms with E-state index in [0.717, 1.165) is 46.9 Å². The minimum absolute atomic E-state index is 0.0839. The predicted octanol–water partition coefficient (Wildman–Crippen LogP) is 1.18. The second-order valence-corrected chi connectivity index (χ2v) is 7.48. The van der Waals surface area contributed by atoms with Gasteiger partial charge in [-0.15, -0.1) is 0 Å². The number of amides is 1. The van der Waals surface area contributed by atoms with Crippen molar-refractivity contribution < 1.29 is 14.7 Å². The maximum absolute atomic E-state index is 12.5. The minimum atomic E-state index is -0.790. The topological polar surface area (TPSA) is 124 Å². The van der Waals surface area contributed by atoms with Crippen molar-refractivity contribution in [2.75, 3.05) is 31.6 Å². The maximum atomic E-state index is 12.5. The summed E-state index contributed by atoms with van der Waals surface area (Å²) in [5, 5.41) is 15.2. The Morgan fingerprint density at radius 3 is 2.86 bits per heavy atom. The molecule has 8 heteroatoms. The van der Waals surface area contributed by atoms with Gasteiger partial charge in [0.25, 0.3) is 0 Å². The molecule has 2 aliphatic heterocycles. The SMILES string of the molecule is CN.O=Cc1cnc(N2CCCC3(C2)C(=O)NCC3O)c2c1[nH]c1ccccc12. The molecular weight excluding hydrogens is 370 g/mol. The molecule has 1 aromatic carbocycles. The Bertz CT molecular complexity index is 1080. The van der Waals surface area contributed by atoms with Crippen molar-refractivity contribution >= 4 is 39.8 Å². The van der Waals surface area contributed by atoms with Gasteiger partial charge in [0.15, 0.2) is 6.29 Å². The number of aliphatic hydroxyl groups is 1. The number of piperidine rings is 1. The molecule has 2 aromatic heterocycles. The van der Waals surface area contributed by atoms with Crippen molar-refractivity contribution in [2.45, 2.75) is 18.9 Å². The largest absolute Gasteiger partial charge is 0.390 e.